The maximum absolute atomic E-state index is 12.5. The van der Waals surface area contributed by atoms with Crippen molar-refractivity contribution < 1.29 is 9.53 Å². The highest BCUT2D eigenvalue weighted by Gasteiger charge is 2.26. The Morgan fingerprint density at radius 3 is 3.08 bits per heavy atom. The number of imidazole rings is 1. The molecule has 26 heavy (non-hydrogen) atoms. The number of halogens is 1. The van der Waals surface area contributed by atoms with Gasteiger partial charge in [0.15, 0.2) is 0 Å². The van der Waals surface area contributed by atoms with Crippen molar-refractivity contribution in [1.82, 2.24) is 14.9 Å². The van der Waals surface area contributed by atoms with E-state index < -0.39 is 0 Å². The van der Waals surface area contributed by atoms with Crippen molar-refractivity contribution in [2.75, 3.05) is 13.2 Å². The van der Waals surface area contributed by atoms with Crippen LogP contribution >= 0.6 is 11.6 Å². The first-order chi connectivity index (χ1) is 12.6. The minimum absolute atomic E-state index is 0.0118. The second-order valence-corrected chi connectivity index (χ2v) is 6.99. The lowest BCUT2D eigenvalue weighted by Crippen LogP contribution is -2.38. The molecule has 0 saturated heterocycles. The summed E-state index contributed by atoms with van der Waals surface area (Å²) in [7, 11) is 0. The van der Waals surface area contributed by atoms with E-state index in [1.165, 1.54) is 0 Å². The molecule has 1 aliphatic rings. The molecule has 2 heterocycles. The summed E-state index contributed by atoms with van der Waals surface area (Å²) in [5, 5.41) is 3.69. The fraction of sp³-hybridized carbons (Fsp3) is 0.300. The van der Waals surface area contributed by atoms with Crippen molar-refractivity contribution in [3.8, 4) is 5.75 Å². The van der Waals surface area contributed by atoms with E-state index in [-0.39, 0.29) is 11.8 Å². The number of rotatable bonds is 4. The number of amides is 1. The standard InChI is InChI=1S/C20H20ClN3O2/c1-13-23-17-4-2-3-5-18(17)24(13)9-8-22-20(25)15-10-14-11-16(21)6-7-19(14)26-12-15/h2-7,11,15H,8-10,12H2,1H3,(H,22,25)/t15-/m1/s1. The van der Waals surface area contributed by atoms with Crippen LogP contribution in [0.25, 0.3) is 11.0 Å². The second kappa shape index (κ2) is 7.00. The van der Waals surface area contributed by atoms with E-state index in [1.807, 2.05) is 43.3 Å². The van der Waals surface area contributed by atoms with Crippen LogP contribution in [-0.2, 0) is 17.8 Å². The fourth-order valence-electron chi connectivity index (χ4n) is 3.44. The SMILES string of the molecule is Cc1nc2ccccc2n1CCNC(=O)[C@H]1COc2ccc(Cl)cc2C1. The third-order valence-corrected chi connectivity index (χ3v) is 5.01. The van der Waals surface area contributed by atoms with Gasteiger partial charge in [-0.25, -0.2) is 4.98 Å². The Hall–Kier alpha value is -2.53. The van der Waals surface area contributed by atoms with E-state index in [0.717, 1.165) is 28.2 Å². The number of aromatic nitrogens is 2. The van der Waals surface area contributed by atoms with E-state index in [1.54, 1.807) is 6.07 Å². The molecule has 4 rings (SSSR count). The molecule has 0 radical (unpaired) electrons. The zero-order valence-corrected chi connectivity index (χ0v) is 15.3. The van der Waals surface area contributed by atoms with Crippen molar-refractivity contribution >= 4 is 28.5 Å². The number of para-hydroxylation sites is 2. The van der Waals surface area contributed by atoms with Crippen LogP contribution < -0.4 is 10.1 Å². The third-order valence-electron chi connectivity index (χ3n) is 4.78. The molecule has 0 fully saturated rings. The zero-order valence-electron chi connectivity index (χ0n) is 14.5. The number of carbonyl (C=O) groups is 1. The molecule has 1 amide bonds. The summed E-state index contributed by atoms with van der Waals surface area (Å²) in [6.07, 6.45) is 0.648. The van der Waals surface area contributed by atoms with Crippen molar-refractivity contribution in [2.45, 2.75) is 19.9 Å². The average Bonchev–Trinajstić information content (AvgIpc) is 2.96. The Morgan fingerprint density at radius 2 is 2.19 bits per heavy atom. The van der Waals surface area contributed by atoms with Gasteiger partial charge >= 0.3 is 0 Å². The number of nitrogens with zero attached hydrogens (tertiary/aromatic N) is 2. The first kappa shape index (κ1) is 16.9. The third kappa shape index (κ3) is 3.27. The van der Waals surface area contributed by atoms with Crippen LogP contribution in [0.2, 0.25) is 5.02 Å². The molecule has 1 N–H and O–H groups in total. The fourth-order valence-corrected chi connectivity index (χ4v) is 3.64. The summed E-state index contributed by atoms with van der Waals surface area (Å²) in [6.45, 7) is 3.62. The van der Waals surface area contributed by atoms with Crippen LogP contribution in [0.1, 0.15) is 11.4 Å². The van der Waals surface area contributed by atoms with Crippen molar-refractivity contribution in [1.29, 1.82) is 0 Å². The normalized spacial score (nSPS) is 16.2. The number of carbonyl (C=O) groups excluding carboxylic acids is 1. The lowest BCUT2D eigenvalue weighted by atomic mass is 9.96. The number of hydrogen-bond donors (Lipinski definition) is 1. The van der Waals surface area contributed by atoms with E-state index in [0.29, 0.717) is 31.1 Å². The van der Waals surface area contributed by atoms with Crippen LogP contribution in [-0.4, -0.2) is 28.6 Å². The van der Waals surface area contributed by atoms with Gasteiger partial charge in [-0.1, -0.05) is 23.7 Å². The van der Waals surface area contributed by atoms with Crippen molar-refractivity contribution in [3.63, 3.8) is 0 Å². The van der Waals surface area contributed by atoms with Gasteiger partial charge in [0.1, 0.15) is 18.2 Å². The van der Waals surface area contributed by atoms with E-state index in [9.17, 15) is 4.79 Å². The summed E-state index contributed by atoms with van der Waals surface area (Å²) in [6, 6.07) is 13.6. The summed E-state index contributed by atoms with van der Waals surface area (Å²) in [5.74, 6) is 1.59. The van der Waals surface area contributed by atoms with Gasteiger partial charge in [-0.3, -0.25) is 4.79 Å². The number of nitrogens with one attached hydrogen (secondary N) is 1. The van der Waals surface area contributed by atoms with Crippen LogP contribution in [0.3, 0.4) is 0 Å². The molecule has 1 aromatic heterocycles. The van der Waals surface area contributed by atoms with Gasteiger partial charge < -0.3 is 14.6 Å². The van der Waals surface area contributed by atoms with Gasteiger partial charge in [0.05, 0.1) is 17.0 Å². The number of aryl methyl sites for hydroxylation is 1. The first-order valence-electron chi connectivity index (χ1n) is 8.72. The summed E-state index contributed by atoms with van der Waals surface area (Å²) < 4.78 is 7.83. The average molecular weight is 370 g/mol. The highest BCUT2D eigenvalue weighted by atomic mass is 35.5. The maximum atomic E-state index is 12.5. The van der Waals surface area contributed by atoms with Gasteiger partial charge in [0, 0.05) is 18.1 Å². The molecular formula is C20H20ClN3O2. The van der Waals surface area contributed by atoms with Crippen LogP contribution in [0.15, 0.2) is 42.5 Å². The van der Waals surface area contributed by atoms with Gasteiger partial charge in [0.25, 0.3) is 0 Å². The summed E-state index contributed by atoms with van der Waals surface area (Å²) >= 11 is 6.04. The monoisotopic (exact) mass is 369 g/mol. The highest BCUT2D eigenvalue weighted by molar-refractivity contribution is 6.30. The molecule has 0 bridgehead atoms. The Bertz CT molecular complexity index is 967. The molecule has 1 aliphatic heterocycles. The number of ether oxygens (including phenoxy) is 1. The Morgan fingerprint density at radius 1 is 1.35 bits per heavy atom. The smallest absolute Gasteiger partial charge is 0.226 e. The largest absolute Gasteiger partial charge is 0.492 e. The molecule has 0 aliphatic carbocycles. The Kier molecular flexibility index (Phi) is 4.55. The van der Waals surface area contributed by atoms with E-state index >= 15 is 0 Å². The zero-order chi connectivity index (χ0) is 18.1. The summed E-state index contributed by atoms with van der Waals surface area (Å²) in [5.41, 5.74) is 3.05. The molecule has 2 aromatic carbocycles. The quantitative estimate of drug-likeness (QED) is 0.767. The molecule has 0 spiro atoms. The van der Waals surface area contributed by atoms with Gasteiger partial charge in [0.2, 0.25) is 5.91 Å². The van der Waals surface area contributed by atoms with Crippen LogP contribution in [0.4, 0.5) is 0 Å². The number of hydrogen-bond acceptors (Lipinski definition) is 3. The number of benzene rings is 2. The highest BCUT2D eigenvalue weighted by Crippen LogP contribution is 2.29. The summed E-state index contributed by atoms with van der Waals surface area (Å²) in [4.78, 5) is 17.1. The van der Waals surface area contributed by atoms with Gasteiger partial charge in [-0.15, -0.1) is 0 Å². The molecular weight excluding hydrogens is 350 g/mol. The minimum atomic E-state index is -0.193. The molecule has 1 atom stereocenters. The van der Waals surface area contributed by atoms with Gasteiger partial charge in [-0.05, 0) is 49.2 Å². The van der Waals surface area contributed by atoms with Crippen LogP contribution in [0.5, 0.6) is 5.75 Å². The van der Waals surface area contributed by atoms with Crippen LogP contribution in [0, 0.1) is 12.8 Å². The molecule has 5 nitrogen and oxygen atoms in total. The van der Waals surface area contributed by atoms with E-state index in [4.69, 9.17) is 16.3 Å². The maximum Gasteiger partial charge on any atom is 0.226 e. The Balaban J connectivity index is 1.38. The predicted octanol–water partition coefficient (Wildman–Crippen LogP) is 3.37. The number of fused-ring (bicyclic) bond motifs is 2. The van der Waals surface area contributed by atoms with E-state index in [2.05, 4.69) is 14.9 Å². The molecule has 3 aromatic rings. The molecule has 6 heteroatoms. The molecule has 0 saturated carbocycles. The van der Waals surface area contributed by atoms with Crippen molar-refractivity contribution in [2.24, 2.45) is 5.92 Å². The minimum Gasteiger partial charge on any atom is -0.492 e. The first-order valence-corrected chi connectivity index (χ1v) is 9.10. The van der Waals surface area contributed by atoms with Crippen molar-refractivity contribution in [3.05, 3.63) is 58.9 Å². The second-order valence-electron chi connectivity index (χ2n) is 6.55. The molecule has 0 unspecified atom stereocenters. The lowest BCUT2D eigenvalue weighted by molar-refractivity contribution is -0.126. The lowest BCUT2D eigenvalue weighted by Gasteiger charge is -2.24. The topological polar surface area (TPSA) is 56.2 Å². The Labute approximate surface area is 156 Å². The predicted molar refractivity (Wildman–Crippen MR) is 102 cm³/mol. The van der Waals surface area contributed by atoms with Gasteiger partial charge in [-0.2, -0.15) is 0 Å². The molecule has 134 valence electrons.